The molecule has 0 aliphatic carbocycles. The fourth-order valence-corrected chi connectivity index (χ4v) is 3.20. The van der Waals surface area contributed by atoms with E-state index >= 15 is 0 Å². The monoisotopic (exact) mass is 301 g/mol. The van der Waals surface area contributed by atoms with Crippen LogP contribution in [0.2, 0.25) is 0 Å². The third-order valence-electron chi connectivity index (χ3n) is 4.47. The van der Waals surface area contributed by atoms with Crippen molar-refractivity contribution in [2.75, 3.05) is 11.9 Å². The second-order valence-corrected chi connectivity index (χ2v) is 5.80. The number of hydrogen-bond acceptors (Lipinski definition) is 2. The van der Waals surface area contributed by atoms with Crippen LogP contribution < -0.4 is 4.90 Å². The highest BCUT2D eigenvalue weighted by Crippen LogP contribution is 2.38. The molecule has 0 spiro atoms. The van der Waals surface area contributed by atoms with Crippen molar-refractivity contribution in [3.05, 3.63) is 72.3 Å². The van der Waals surface area contributed by atoms with Crippen LogP contribution in [0, 0.1) is 0 Å². The summed E-state index contributed by atoms with van der Waals surface area (Å²) >= 11 is 0. The van der Waals surface area contributed by atoms with E-state index < -0.39 is 0 Å². The van der Waals surface area contributed by atoms with Crippen molar-refractivity contribution in [1.82, 2.24) is 0 Å². The Labute approximate surface area is 136 Å². The predicted molar refractivity (Wildman–Crippen MR) is 97.6 cm³/mol. The number of aryl methyl sites for hydroxylation is 1. The highest BCUT2D eigenvalue weighted by molar-refractivity contribution is 6.10. The summed E-state index contributed by atoms with van der Waals surface area (Å²) in [4.78, 5) is 2.18. The first-order chi connectivity index (χ1) is 11.3. The van der Waals surface area contributed by atoms with Crippen molar-refractivity contribution < 1.29 is 4.42 Å². The van der Waals surface area contributed by atoms with E-state index in [1.807, 2.05) is 6.07 Å². The Kier molecular flexibility index (Phi) is 3.30. The van der Waals surface area contributed by atoms with E-state index in [-0.39, 0.29) is 0 Å². The molecule has 0 aliphatic heterocycles. The molecule has 1 aromatic heterocycles. The third kappa shape index (κ3) is 2.18. The van der Waals surface area contributed by atoms with E-state index in [0.29, 0.717) is 0 Å². The molecule has 2 nitrogen and oxygen atoms in total. The minimum absolute atomic E-state index is 0.953. The normalized spacial score (nSPS) is 11.2. The number of benzene rings is 3. The van der Waals surface area contributed by atoms with E-state index in [1.54, 1.807) is 0 Å². The lowest BCUT2D eigenvalue weighted by Gasteiger charge is -2.19. The fraction of sp³-hybridized carbons (Fsp3) is 0.143. The summed E-state index contributed by atoms with van der Waals surface area (Å²) in [7, 11) is 2.08. The standard InChI is InChI=1S/C21H19NO/c1-3-15-9-7-12-17-18-13-8-14-19(21(18)23-20(15)17)22(2)16-10-5-4-6-11-16/h4-14H,3H2,1-2H3. The van der Waals surface area contributed by atoms with Gasteiger partial charge in [-0.3, -0.25) is 0 Å². The van der Waals surface area contributed by atoms with Crippen LogP contribution in [0.4, 0.5) is 11.4 Å². The summed E-state index contributed by atoms with van der Waals surface area (Å²) in [6.45, 7) is 2.17. The Balaban J connectivity index is 1.98. The predicted octanol–water partition coefficient (Wildman–Crippen LogP) is 5.92. The molecule has 0 saturated heterocycles. The summed E-state index contributed by atoms with van der Waals surface area (Å²) in [5.41, 5.74) is 5.46. The molecule has 0 fully saturated rings. The molecule has 4 rings (SSSR count). The lowest BCUT2D eigenvalue weighted by molar-refractivity contribution is 0.663. The first-order valence-corrected chi connectivity index (χ1v) is 8.01. The summed E-state index contributed by atoms with van der Waals surface area (Å²) in [6.07, 6.45) is 0.973. The second kappa shape index (κ2) is 5.47. The third-order valence-corrected chi connectivity index (χ3v) is 4.47. The van der Waals surface area contributed by atoms with Gasteiger partial charge in [0.15, 0.2) is 5.58 Å². The second-order valence-electron chi connectivity index (χ2n) is 5.80. The van der Waals surface area contributed by atoms with E-state index in [9.17, 15) is 0 Å². The van der Waals surface area contributed by atoms with Crippen LogP contribution in [0.5, 0.6) is 0 Å². The van der Waals surface area contributed by atoms with Gasteiger partial charge in [-0.15, -0.1) is 0 Å². The van der Waals surface area contributed by atoms with Gasteiger partial charge in [0.05, 0.1) is 5.69 Å². The molecule has 0 saturated carbocycles. The molecule has 1 heterocycles. The van der Waals surface area contributed by atoms with Gasteiger partial charge in [-0.05, 0) is 30.2 Å². The van der Waals surface area contributed by atoms with Gasteiger partial charge in [-0.25, -0.2) is 0 Å². The first kappa shape index (κ1) is 13.9. The molecule has 2 heteroatoms. The summed E-state index contributed by atoms with van der Waals surface area (Å²) in [6, 6.07) is 23.1. The minimum atomic E-state index is 0.953. The molecule has 4 aromatic rings. The lowest BCUT2D eigenvalue weighted by Crippen LogP contribution is -2.09. The fourth-order valence-electron chi connectivity index (χ4n) is 3.20. The van der Waals surface area contributed by atoms with Crippen LogP contribution >= 0.6 is 0 Å². The van der Waals surface area contributed by atoms with Gasteiger partial charge in [-0.1, -0.05) is 55.5 Å². The molecule has 0 bridgehead atoms. The zero-order chi connectivity index (χ0) is 15.8. The maximum absolute atomic E-state index is 6.31. The molecule has 114 valence electrons. The van der Waals surface area contributed by atoms with Crippen molar-refractivity contribution in [2.45, 2.75) is 13.3 Å². The van der Waals surface area contributed by atoms with Crippen molar-refractivity contribution >= 4 is 33.3 Å². The van der Waals surface area contributed by atoms with Crippen LogP contribution in [0.25, 0.3) is 21.9 Å². The van der Waals surface area contributed by atoms with Gasteiger partial charge in [0.1, 0.15) is 5.58 Å². The number of hydrogen-bond donors (Lipinski definition) is 0. The summed E-state index contributed by atoms with van der Waals surface area (Å²) in [5, 5.41) is 2.37. The van der Waals surface area contributed by atoms with E-state index in [2.05, 4.69) is 79.5 Å². The number of fused-ring (bicyclic) bond motifs is 3. The number of nitrogens with zero attached hydrogens (tertiary/aromatic N) is 1. The minimum Gasteiger partial charge on any atom is -0.454 e. The smallest absolute Gasteiger partial charge is 0.159 e. The van der Waals surface area contributed by atoms with Gasteiger partial charge in [0.25, 0.3) is 0 Å². The van der Waals surface area contributed by atoms with Crippen LogP contribution in [0.15, 0.2) is 71.1 Å². The van der Waals surface area contributed by atoms with Gasteiger partial charge in [-0.2, -0.15) is 0 Å². The van der Waals surface area contributed by atoms with Crippen molar-refractivity contribution in [3.63, 3.8) is 0 Å². The maximum atomic E-state index is 6.31. The van der Waals surface area contributed by atoms with Crippen molar-refractivity contribution in [1.29, 1.82) is 0 Å². The lowest BCUT2D eigenvalue weighted by atomic mass is 10.1. The van der Waals surface area contributed by atoms with Crippen LogP contribution in [-0.2, 0) is 6.42 Å². The quantitative estimate of drug-likeness (QED) is 0.467. The highest BCUT2D eigenvalue weighted by atomic mass is 16.3. The molecule has 3 aromatic carbocycles. The Bertz CT molecular complexity index is 969. The highest BCUT2D eigenvalue weighted by Gasteiger charge is 2.15. The summed E-state index contributed by atoms with van der Waals surface area (Å²) < 4.78 is 6.31. The Morgan fingerprint density at radius 1 is 0.783 bits per heavy atom. The SMILES string of the molecule is CCc1cccc2c1oc1c(N(C)c3ccccc3)cccc12. The maximum Gasteiger partial charge on any atom is 0.159 e. The topological polar surface area (TPSA) is 16.4 Å². The molecule has 0 amide bonds. The van der Waals surface area contributed by atoms with Crippen molar-refractivity contribution in [2.24, 2.45) is 0 Å². The molecule has 0 atom stereocenters. The number of para-hydroxylation sites is 3. The Hall–Kier alpha value is -2.74. The molecule has 0 N–H and O–H groups in total. The van der Waals surface area contributed by atoms with Crippen molar-refractivity contribution in [3.8, 4) is 0 Å². The van der Waals surface area contributed by atoms with E-state index in [0.717, 1.165) is 29.0 Å². The Morgan fingerprint density at radius 2 is 1.48 bits per heavy atom. The molecule has 23 heavy (non-hydrogen) atoms. The Morgan fingerprint density at radius 3 is 2.22 bits per heavy atom. The zero-order valence-electron chi connectivity index (χ0n) is 13.4. The van der Waals surface area contributed by atoms with E-state index in [4.69, 9.17) is 4.42 Å². The molecular weight excluding hydrogens is 282 g/mol. The van der Waals surface area contributed by atoms with Gasteiger partial charge in [0.2, 0.25) is 0 Å². The van der Waals surface area contributed by atoms with Crippen LogP contribution in [0.1, 0.15) is 12.5 Å². The number of rotatable bonds is 3. The van der Waals surface area contributed by atoms with Gasteiger partial charge >= 0.3 is 0 Å². The van der Waals surface area contributed by atoms with Gasteiger partial charge in [0, 0.05) is 23.5 Å². The molecule has 0 unspecified atom stereocenters. The largest absolute Gasteiger partial charge is 0.454 e. The first-order valence-electron chi connectivity index (χ1n) is 8.01. The number of anilines is 2. The average molecular weight is 301 g/mol. The molecular formula is C21H19NO. The molecule has 0 aliphatic rings. The molecule has 0 radical (unpaired) electrons. The van der Waals surface area contributed by atoms with Crippen LogP contribution in [0.3, 0.4) is 0 Å². The van der Waals surface area contributed by atoms with Crippen LogP contribution in [-0.4, -0.2) is 7.05 Å². The zero-order valence-corrected chi connectivity index (χ0v) is 13.4. The number of furan rings is 1. The summed E-state index contributed by atoms with van der Waals surface area (Å²) in [5.74, 6) is 0. The average Bonchev–Trinajstić information content (AvgIpc) is 3.00. The van der Waals surface area contributed by atoms with Gasteiger partial charge < -0.3 is 9.32 Å². The van der Waals surface area contributed by atoms with E-state index in [1.165, 1.54) is 16.3 Å².